The molecule has 3 aliphatic rings. The van der Waals surface area contributed by atoms with Crippen LogP contribution in [0.1, 0.15) is 51.9 Å². The van der Waals surface area contributed by atoms with Crippen molar-refractivity contribution in [2.45, 2.75) is 64.1 Å². The molecule has 0 heterocycles. The van der Waals surface area contributed by atoms with Gasteiger partial charge in [0.2, 0.25) is 0 Å². The van der Waals surface area contributed by atoms with Gasteiger partial charge in [-0.25, -0.2) is 0 Å². The van der Waals surface area contributed by atoms with E-state index in [4.69, 9.17) is 0 Å². The maximum absolute atomic E-state index is 11.9. The number of carbonyl (C=O) groups excluding carboxylic acids is 1. The van der Waals surface area contributed by atoms with E-state index in [2.05, 4.69) is 11.8 Å². The van der Waals surface area contributed by atoms with Gasteiger partial charge in [0.15, 0.2) is 0 Å². The smallest absolute Gasteiger partial charge is 0.139 e. The summed E-state index contributed by atoms with van der Waals surface area (Å²) in [5.74, 6) is 6.99. The van der Waals surface area contributed by atoms with Crippen LogP contribution in [0.5, 0.6) is 0 Å². The minimum Gasteiger partial charge on any atom is -0.392 e. The van der Waals surface area contributed by atoms with Crippen LogP contribution in [0.3, 0.4) is 0 Å². The van der Waals surface area contributed by atoms with Crippen LogP contribution >= 0.6 is 0 Å². The number of carbonyl (C=O) groups is 1. The second-order valence-corrected chi connectivity index (χ2v) is 7.18. The number of aliphatic hydroxyl groups excluding tert-OH is 2. The first kappa shape index (κ1) is 15.1. The first-order chi connectivity index (χ1) is 10.1. The number of ketones is 1. The van der Waals surface area contributed by atoms with E-state index in [9.17, 15) is 15.0 Å². The molecule has 0 amide bonds. The quantitative estimate of drug-likeness (QED) is 0.728. The Kier molecular flexibility index (Phi) is 4.38. The highest BCUT2D eigenvalue weighted by Crippen LogP contribution is 2.49. The van der Waals surface area contributed by atoms with Crippen molar-refractivity contribution in [2.75, 3.05) is 0 Å². The lowest BCUT2D eigenvalue weighted by atomic mass is 9.53. The van der Waals surface area contributed by atoms with Crippen LogP contribution in [0.2, 0.25) is 0 Å². The molecule has 0 bridgehead atoms. The molecular weight excluding hydrogens is 264 g/mol. The van der Waals surface area contributed by atoms with Gasteiger partial charge in [0.25, 0.3) is 0 Å². The molecule has 0 aliphatic heterocycles. The Morgan fingerprint density at radius 1 is 1.14 bits per heavy atom. The average molecular weight is 290 g/mol. The normalized spacial score (nSPS) is 41.5. The van der Waals surface area contributed by atoms with Crippen LogP contribution in [-0.4, -0.2) is 28.2 Å². The summed E-state index contributed by atoms with van der Waals surface area (Å²) in [6, 6.07) is 0. The van der Waals surface area contributed by atoms with Crippen molar-refractivity contribution >= 4 is 5.78 Å². The van der Waals surface area contributed by atoms with Crippen molar-refractivity contribution in [3.05, 3.63) is 0 Å². The van der Waals surface area contributed by atoms with E-state index in [1.54, 1.807) is 0 Å². The second-order valence-electron chi connectivity index (χ2n) is 7.18. The third-order valence-corrected chi connectivity index (χ3v) is 5.95. The molecule has 0 saturated heterocycles. The van der Waals surface area contributed by atoms with Crippen LogP contribution in [0.4, 0.5) is 0 Å². The molecule has 0 radical (unpaired) electrons. The highest BCUT2D eigenvalue weighted by Gasteiger charge is 2.54. The summed E-state index contributed by atoms with van der Waals surface area (Å²) in [5.41, 5.74) is 0. The fourth-order valence-corrected chi connectivity index (χ4v) is 4.57. The topological polar surface area (TPSA) is 57.5 Å². The molecule has 0 spiro atoms. The number of aliphatic hydroxyl groups is 2. The Balaban J connectivity index is 1.68. The Morgan fingerprint density at radius 3 is 2.57 bits per heavy atom. The molecule has 1 unspecified atom stereocenters. The van der Waals surface area contributed by atoms with E-state index in [1.807, 2.05) is 6.92 Å². The van der Waals surface area contributed by atoms with Gasteiger partial charge in [-0.15, -0.1) is 0 Å². The number of fused-ring (bicyclic) bond motifs is 1. The number of hydrogen-bond acceptors (Lipinski definition) is 3. The zero-order valence-electron chi connectivity index (χ0n) is 12.8. The molecule has 2 N–H and O–H groups in total. The monoisotopic (exact) mass is 290 g/mol. The molecule has 3 rings (SSSR count). The highest BCUT2D eigenvalue weighted by molar-refractivity contribution is 5.90. The lowest BCUT2D eigenvalue weighted by molar-refractivity contribution is -0.151. The van der Waals surface area contributed by atoms with Crippen molar-refractivity contribution in [2.24, 2.45) is 29.6 Å². The summed E-state index contributed by atoms with van der Waals surface area (Å²) in [5, 5.41) is 20.5. The van der Waals surface area contributed by atoms with Crippen molar-refractivity contribution in [1.82, 2.24) is 0 Å². The first-order valence-electron chi connectivity index (χ1n) is 8.50. The van der Waals surface area contributed by atoms with Gasteiger partial charge < -0.3 is 10.2 Å². The van der Waals surface area contributed by atoms with Crippen LogP contribution in [0, 0.1) is 41.4 Å². The molecular formula is C18H26O3. The lowest BCUT2D eigenvalue weighted by Crippen LogP contribution is -2.55. The first-order valence-corrected chi connectivity index (χ1v) is 8.50. The Morgan fingerprint density at radius 2 is 1.86 bits per heavy atom. The zero-order valence-corrected chi connectivity index (χ0v) is 12.8. The van der Waals surface area contributed by atoms with E-state index in [0.29, 0.717) is 18.1 Å². The predicted octanol–water partition coefficient (Wildman–Crippen LogP) is 2.15. The molecule has 3 heteroatoms. The van der Waals surface area contributed by atoms with Crippen molar-refractivity contribution < 1.29 is 15.0 Å². The Labute approximate surface area is 127 Å². The molecule has 0 aromatic carbocycles. The van der Waals surface area contributed by atoms with Gasteiger partial charge in [-0.1, -0.05) is 38.0 Å². The van der Waals surface area contributed by atoms with Gasteiger partial charge in [-0.05, 0) is 37.5 Å². The van der Waals surface area contributed by atoms with Crippen molar-refractivity contribution in [3.8, 4) is 11.8 Å². The summed E-state index contributed by atoms with van der Waals surface area (Å²) in [6.45, 7) is 1.95. The van der Waals surface area contributed by atoms with Gasteiger partial charge in [-0.3, -0.25) is 4.79 Å². The molecule has 0 aromatic rings. The van der Waals surface area contributed by atoms with Crippen LogP contribution in [0.25, 0.3) is 0 Å². The number of hydrogen-bond donors (Lipinski definition) is 2. The Hall–Kier alpha value is -0.850. The van der Waals surface area contributed by atoms with Crippen LogP contribution < -0.4 is 0 Å². The molecule has 3 aliphatic carbocycles. The maximum Gasteiger partial charge on any atom is 0.139 e. The minimum atomic E-state index is -0.566. The Bertz CT molecular complexity index is 455. The molecule has 21 heavy (non-hydrogen) atoms. The molecule has 3 saturated carbocycles. The fraction of sp³-hybridized carbons (Fsp3) is 0.833. The van der Waals surface area contributed by atoms with E-state index < -0.39 is 12.2 Å². The van der Waals surface area contributed by atoms with E-state index in [-0.39, 0.29) is 23.7 Å². The molecule has 116 valence electrons. The van der Waals surface area contributed by atoms with Gasteiger partial charge >= 0.3 is 0 Å². The third kappa shape index (κ3) is 2.76. The fourth-order valence-electron chi connectivity index (χ4n) is 4.57. The van der Waals surface area contributed by atoms with E-state index in [1.165, 1.54) is 19.3 Å². The van der Waals surface area contributed by atoms with Crippen LogP contribution in [0.15, 0.2) is 0 Å². The zero-order chi connectivity index (χ0) is 15.0. The molecule has 6 atom stereocenters. The SMILES string of the molecule is CC1C(=O)[C@H]2CC[C@@H](O)[C@H](C#C[C@@H](O)C3CCCCC3)[C@@H]12. The largest absolute Gasteiger partial charge is 0.392 e. The lowest BCUT2D eigenvalue weighted by Gasteiger charge is -2.49. The predicted molar refractivity (Wildman–Crippen MR) is 80.2 cm³/mol. The minimum absolute atomic E-state index is 0.0241. The third-order valence-electron chi connectivity index (χ3n) is 5.95. The summed E-state index contributed by atoms with van der Waals surface area (Å²) < 4.78 is 0. The average Bonchev–Trinajstić information content (AvgIpc) is 2.53. The summed E-state index contributed by atoms with van der Waals surface area (Å²) in [4.78, 5) is 11.9. The molecule has 3 nitrogen and oxygen atoms in total. The maximum atomic E-state index is 11.9. The van der Waals surface area contributed by atoms with Gasteiger partial charge in [-0.2, -0.15) is 0 Å². The number of Topliss-reactive ketones (excluding diaryl/α,β-unsaturated/α-hetero) is 1. The summed E-state index contributed by atoms with van der Waals surface area (Å²) in [6.07, 6.45) is 6.22. The van der Waals surface area contributed by atoms with Crippen LogP contribution in [-0.2, 0) is 4.79 Å². The van der Waals surface area contributed by atoms with Gasteiger partial charge in [0.05, 0.1) is 12.0 Å². The van der Waals surface area contributed by atoms with Crippen molar-refractivity contribution in [1.29, 1.82) is 0 Å². The highest BCUT2D eigenvalue weighted by atomic mass is 16.3. The van der Waals surface area contributed by atoms with E-state index in [0.717, 1.165) is 19.3 Å². The van der Waals surface area contributed by atoms with Gasteiger partial charge in [0, 0.05) is 11.8 Å². The molecule has 0 aromatic heterocycles. The standard InChI is InChI=1S/C18H26O3/c1-11-17-13(16(20)10-8-14(17)18(11)21)7-9-15(19)12-5-3-2-4-6-12/h11-17,19-20H,2-6,8,10H2,1H3/t11?,13-,14-,15+,16+,17+/m0/s1. The number of rotatable bonds is 1. The van der Waals surface area contributed by atoms with Crippen molar-refractivity contribution in [3.63, 3.8) is 0 Å². The summed E-state index contributed by atoms with van der Waals surface area (Å²) in [7, 11) is 0. The summed E-state index contributed by atoms with van der Waals surface area (Å²) >= 11 is 0. The van der Waals surface area contributed by atoms with Gasteiger partial charge in [0.1, 0.15) is 11.9 Å². The molecule has 3 fully saturated rings. The second kappa shape index (κ2) is 6.10. The van der Waals surface area contributed by atoms with E-state index >= 15 is 0 Å².